The Morgan fingerprint density at radius 1 is 1.21 bits per heavy atom. The minimum absolute atomic E-state index is 0.126. The Hall–Kier alpha value is -2.43. The highest BCUT2D eigenvalue weighted by atomic mass is 35.5. The summed E-state index contributed by atoms with van der Waals surface area (Å²) >= 11 is 6.20. The Labute approximate surface area is 167 Å². The quantitative estimate of drug-likeness (QED) is 0.552. The summed E-state index contributed by atoms with van der Waals surface area (Å²) in [6.07, 6.45) is 0.646. The van der Waals surface area contributed by atoms with Crippen LogP contribution < -0.4 is 9.46 Å². The van der Waals surface area contributed by atoms with Crippen LogP contribution in [0.3, 0.4) is 0 Å². The maximum Gasteiger partial charge on any atom is 0.299 e. The second kappa shape index (κ2) is 8.29. The molecule has 2 aromatic heterocycles. The van der Waals surface area contributed by atoms with E-state index in [-0.39, 0.29) is 16.5 Å². The molecule has 0 saturated heterocycles. The molecule has 11 heteroatoms. The molecular weight excluding hydrogens is 406 g/mol. The van der Waals surface area contributed by atoms with Gasteiger partial charge in [-0.1, -0.05) is 17.7 Å². The molecule has 28 heavy (non-hydrogen) atoms. The highest BCUT2D eigenvalue weighted by molar-refractivity contribution is 7.92. The van der Waals surface area contributed by atoms with Crippen LogP contribution in [-0.2, 0) is 14.8 Å². The lowest BCUT2D eigenvalue weighted by Crippen LogP contribution is -2.16. The maximum absolute atomic E-state index is 12.8. The van der Waals surface area contributed by atoms with Gasteiger partial charge in [0.25, 0.3) is 21.0 Å². The van der Waals surface area contributed by atoms with Gasteiger partial charge in [-0.05, 0) is 32.0 Å². The van der Waals surface area contributed by atoms with Crippen molar-refractivity contribution in [3.05, 3.63) is 40.7 Å². The van der Waals surface area contributed by atoms with Crippen molar-refractivity contribution in [2.24, 2.45) is 0 Å². The van der Waals surface area contributed by atoms with Crippen molar-refractivity contribution in [2.45, 2.75) is 25.4 Å². The Morgan fingerprint density at radius 2 is 2.00 bits per heavy atom. The molecule has 1 aromatic carbocycles. The number of benzene rings is 1. The van der Waals surface area contributed by atoms with E-state index >= 15 is 0 Å². The van der Waals surface area contributed by atoms with Crippen molar-refractivity contribution in [2.75, 3.05) is 25.0 Å². The largest absolute Gasteiger partial charge is 0.491 e. The number of halogens is 1. The molecule has 3 rings (SSSR count). The average Bonchev–Trinajstić information content (AvgIpc) is 3.06. The zero-order chi connectivity index (χ0) is 20.3. The highest BCUT2D eigenvalue weighted by Gasteiger charge is 2.24. The molecule has 0 spiro atoms. The van der Waals surface area contributed by atoms with Crippen molar-refractivity contribution in [3.8, 4) is 5.75 Å². The van der Waals surface area contributed by atoms with Gasteiger partial charge in [-0.3, -0.25) is 4.72 Å². The summed E-state index contributed by atoms with van der Waals surface area (Å²) in [6.45, 7) is 4.46. The molecule has 0 aliphatic rings. The van der Waals surface area contributed by atoms with Crippen molar-refractivity contribution in [1.29, 1.82) is 0 Å². The number of methoxy groups -OCH3 is 1. The summed E-state index contributed by atoms with van der Waals surface area (Å²) < 4.78 is 40.1. The lowest BCUT2D eigenvalue weighted by Gasteiger charge is -2.13. The van der Waals surface area contributed by atoms with Crippen LogP contribution in [0.5, 0.6) is 5.75 Å². The van der Waals surface area contributed by atoms with Gasteiger partial charge in [-0.25, -0.2) is 9.50 Å². The van der Waals surface area contributed by atoms with Gasteiger partial charge in [0, 0.05) is 31.5 Å². The van der Waals surface area contributed by atoms with Crippen LogP contribution in [0.1, 0.15) is 17.8 Å². The molecule has 0 unspecified atom stereocenters. The number of hydrogen-bond donors (Lipinski definition) is 1. The first-order valence-corrected chi connectivity index (χ1v) is 10.3. The number of para-hydroxylation sites is 1. The summed E-state index contributed by atoms with van der Waals surface area (Å²) in [5.74, 6) is 0.508. The van der Waals surface area contributed by atoms with Crippen LogP contribution >= 0.6 is 11.6 Å². The lowest BCUT2D eigenvalue weighted by molar-refractivity contribution is 0.172. The molecule has 1 N–H and O–H groups in total. The van der Waals surface area contributed by atoms with Gasteiger partial charge in [-0.15, -0.1) is 5.10 Å². The predicted molar refractivity (Wildman–Crippen MR) is 105 cm³/mol. The van der Waals surface area contributed by atoms with E-state index < -0.39 is 15.2 Å². The number of aromatic nitrogens is 4. The second-order valence-corrected chi connectivity index (χ2v) is 8.04. The molecule has 9 nitrogen and oxygen atoms in total. The molecule has 0 atom stereocenters. The van der Waals surface area contributed by atoms with Gasteiger partial charge in [-0.2, -0.15) is 13.4 Å². The van der Waals surface area contributed by atoms with Crippen molar-refractivity contribution < 1.29 is 17.9 Å². The van der Waals surface area contributed by atoms with Crippen LogP contribution in [-0.4, -0.2) is 48.3 Å². The normalized spacial score (nSPS) is 11.7. The minimum atomic E-state index is -4.11. The molecule has 0 amide bonds. The Bertz CT molecular complexity index is 1100. The standard InChI is InChI=1S/C17H20ClN5O4S/c1-11-10-12(2)23-16(19-11)20-17(21-23)28(24,25)22-15-13(18)6-4-7-14(15)27-9-5-8-26-3/h4,6-7,10,22H,5,8-9H2,1-3H3. The fourth-order valence-electron chi connectivity index (χ4n) is 2.55. The average molecular weight is 426 g/mol. The van der Waals surface area contributed by atoms with E-state index in [4.69, 9.17) is 21.1 Å². The molecule has 2 heterocycles. The van der Waals surface area contributed by atoms with Gasteiger partial charge in [0.15, 0.2) is 0 Å². The van der Waals surface area contributed by atoms with E-state index in [1.165, 1.54) is 4.52 Å². The predicted octanol–water partition coefficient (Wildman–Crippen LogP) is 2.61. The number of nitrogens with one attached hydrogen (secondary N) is 1. The summed E-state index contributed by atoms with van der Waals surface area (Å²) in [7, 11) is -2.51. The summed E-state index contributed by atoms with van der Waals surface area (Å²) in [6, 6.07) is 6.65. The van der Waals surface area contributed by atoms with E-state index in [0.29, 0.717) is 31.1 Å². The Kier molecular flexibility index (Phi) is 6.01. The van der Waals surface area contributed by atoms with E-state index in [1.54, 1.807) is 45.2 Å². The van der Waals surface area contributed by atoms with Crippen molar-refractivity contribution >= 4 is 33.1 Å². The summed E-state index contributed by atoms with van der Waals surface area (Å²) in [5.41, 5.74) is 1.56. The van der Waals surface area contributed by atoms with Gasteiger partial charge in [0.05, 0.1) is 11.6 Å². The number of sulfonamides is 1. The third-order valence-electron chi connectivity index (χ3n) is 3.80. The van der Waals surface area contributed by atoms with Crippen LogP contribution in [0.15, 0.2) is 29.4 Å². The Morgan fingerprint density at radius 3 is 2.75 bits per heavy atom. The molecule has 0 saturated carbocycles. The number of anilines is 1. The van der Waals surface area contributed by atoms with Crippen molar-refractivity contribution in [3.63, 3.8) is 0 Å². The van der Waals surface area contributed by atoms with Gasteiger partial charge >= 0.3 is 0 Å². The van der Waals surface area contributed by atoms with Crippen LogP contribution in [0.25, 0.3) is 5.78 Å². The van der Waals surface area contributed by atoms with Crippen molar-refractivity contribution in [1.82, 2.24) is 19.6 Å². The highest BCUT2D eigenvalue weighted by Crippen LogP contribution is 2.34. The van der Waals surface area contributed by atoms with Gasteiger partial charge in [0.1, 0.15) is 11.4 Å². The molecule has 0 fully saturated rings. The van der Waals surface area contributed by atoms with E-state index in [0.717, 1.165) is 5.69 Å². The zero-order valence-electron chi connectivity index (χ0n) is 15.6. The third kappa shape index (κ3) is 4.34. The summed E-state index contributed by atoms with van der Waals surface area (Å²) in [5, 5.41) is 3.85. The SMILES string of the molecule is COCCCOc1cccc(Cl)c1NS(=O)(=O)c1nc2nc(C)cc(C)n2n1. The number of aryl methyl sites for hydroxylation is 2. The summed E-state index contributed by atoms with van der Waals surface area (Å²) in [4.78, 5) is 8.24. The van der Waals surface area contributed by atoms with E-state index in [9.17, 15) is 8.42 Å². The third-order valence-corrected chi connectivity index (χ3v) is 5.24. The van der Waals surface area contributed by atoms with E-state index in [2.05, 4.69) is 19.8 Å². The van der Waals surface area contributed by atoms with E-state index in [1.807, 2.05) is 0 Å². The van der Waals surface area contributed by atoms with Gasteiger partial charge in [0.2, 0.25) is 0 Å². The lowest BCUT2D eigenvalue weighted by atomic mass is 10.3. The molecule has 0 bridgehead atoms. The van der Waals surface area contributed by atoms with Crippen LogP contribution in [0.4, 0.5) is 5.69 Å². The molecule has 150 valence electrons. The Balaban J connectivity index is 1.91. The molecule has 3 aromatic rings. The minimum Gasteiger partial charge on any atom is -0.491 e. The first-order chi connectivity index (χ1) is 13.3. The first kappa shape index (κ1) is 20.3. The fraction of sp³-hybridized carbons (Fsp3) is 0.353. The monoisotopic (exact) mass is 425 g/mol. The molecule has 0 aliphatic heterocycles. The maximum atomic E-state index is 12.8. The molecule has 0 radical (unpaired) electrons. The fourth-order valence-corrected chi connectivity index (χ4v) is 3.78. The zero-order valence-corrected chi connectivity index (χ0v) is 17.2. The first-order valence-electron chi connectivity index (χ1n) is 8.46. The smallest absolute Gasteiger partial charge is 0.299 e. The topological polar surface area (TPSA) is 108 Å². The number of ether oxygens (including phenoxy) is 2. The second-order valence-electron chi connectivity index (χ2n) is 6.06. The number of rotatable bonds is 8. The van der Waals surface area contributed by atoms with Crippen LogP contribution in [0, 0.1) is 13.8 Å². The number of fused-ring (bicyclic) bond motifs is 1. The number of nitrogens with zero attached hydrogens (tertiary/aromatic N) is 4. The van der Waals surface area contributed by atoms with Gasteiger partial charge < -0.3 is 9.47 Å². The molecular formula is C17H20ClN5O4S. The molecule has 0 aliphatic carbocycles. The van der Waals surface area contributed by atoms with Crippen LogP contribution in [0.2, 0.25) is 5.02 Å². The number of hydrogen-bond acceptors (Lipinski definition) is 7.